The van der Waals surface area contributed by atoms with Gasteiger partial charge >= 0.3 is 0 Å². The molecule has 0 radical (unpaired) electrons. The van der Waals surface area contributed by atoms with Crippen LogP contribution in [0.4, 0.5) is 4.39 Å². The molecule has 1 aromatic carbocycles. The molecule has 3 heteroatoms. The van der Waals surface area contributed by atoms with E-state index in [0.717, 1.165) is 17.9 Å². The van der Waals surface area contributed by atoms with Crippen LogP contribution in [0.1, 0.15) is 39.3 Å². The molecule has 0 amide bonds. The first-order chi connectivity index (χ1) is 8.77. The summed E-state index contributed by atoms with van der Waals surface area (Å²) < 4.78 is 13.8. The van der Waals surface area contributed by atoms with Crippen LogP contribution < -0.4 is 0 Å². The molecule has 0 N–H and O–H groups in total. The van der Waals surface area contributed by atoms with Crippen molar-refractivity contribution in [3.8, 4) is 0 Å². The molecule has 0 heterocycles. The van der Waals surface area contributed by atoms with Crippen LogP contribution in [0.3, 0.4) is 0 Å². The second kappa shape index (κ2) is 6.76. The molecule has 0 spiro atoms. The van der Waals surface area contributed by atoms with Gasteiger partial charge in [-0.2, -0.15) is 12.6 Å². The zero-order valence-electron chi connectivity index (χ0n) is 12.7. The van der Waals surface area contributed by atoms with Crippen molar-refractivity contribution in [1.29, 1.82) is 0 Å². The molecule has 0 saturated heterocycles. The predicted molar refractivity (Wildman–Crippen MR) is 84.2 cm³/mol. The topological polar surface area (TPSA) is 3.24 Å². The summed E-state index contributed by atoms with van der Waals surface area (Å²) in [4.78, 5) is 2.21. The molecule has 2 unspecified atom stereocenters. The van der Waals surface area contributed by atoms with E-state index in [1.807, 2.05) is 12.1 Å². The lowest BCUT2D eigenvalue weighted by atomic mass is 9.81. The highest BCUT2D eigenvalue weighted by molar-refractivity contribution is 7.80. The second-order valence-corrected chi connectivity index (χ2v) is 6.75. The van der Waals surface area contributed by atoms with E-state index in [1.54, 1.807) is 6.07 Å². The van der Waals surface area contributed by atoms with E-state index in [2.05, 4.69) is 52.3 Å². The van der Waals surface area contributed by atoms with Gasteiger partial charge in [0.2, 0.25) is 0 Å². The van der Waals surface area contributed by atoms with E-state index in [9.17, 15) is 4.39 Å². The molecule has 1 rings (SSSR count). The van der Waals surface area contributed by atoms with Gasteiger partial charge < -0.3 is 0 Å². The minimum atomic E-state index is -0.125. The summed E-state index contributed by atoms with van der Waals surface area (Å²) in [6, 6.07) is 7.09. The van der Waals surface area contributed by atoms with Crippen LogP contribution in [0.5, 0.6) is 0 Å². The molecule has 0 fully saturated rings. The molecular weight excluding hydrogens is 257 g/mol. The quantitative estimate of drug-likeness (QED) is 0.783. The molecule has 0 aliphatic heterocycles. The van der Waals surface area contributed by atoms with Crippen LogP contribution in [0.15, 0.2) is 24.3 Å². The third-order valence-electron chi connectivity index (χ3n) is 3.97. The molecule has 19 heavy (non-hydrogen) atoms. The van der Waals surface area contributed by atoms with Crippen molar-refractivity contribution in [2.45, 2.75) is 33.7 Å². The molecule has 2 atom stereocenters. The second-order valence-electron chi connectivity index (χ2n) is 6.38. The standard InChI is InChI=1S/C16H26FNS/c1-12(14-8-6-7-9-15(14)17)18(5)10-13(11-19)16(2,3)4/h6-9,12-13,19H,10-11H2,1-5H3. The predicted octanol–water partition coefficient (Wildman–Crippen LogP) is 4.41. The summed E-state index contributed by atoms with van der Waals surface area (Å²) in [5.41, 5.74) is 0.974. The highest BCUT2D eigenvalue weighted by Crippen LogP contribution is 2.30. The lowest BCUT2D eigenvalue weighted by Gasteiger charge is -2.35. The maximum absolute atomic E-state index is 13.8. The largest absolute Gasteiger partial charge is 0.299 e. The van der Waals surface area contributed by atoms with E-state index in [-0.39, 0.29) is 17.3 Å². The maximum atomic E-state index is 13.8. The summed E-state index contributed by atoms with van der Waals surface area (Å²) in [6.45, 7) is 9.67. The van der Waals surface area contributed by atoms with Crippen LogP contribution in [0, 0.1) is 17.2 Å². The summed E-state index contributed by atoms with van der Waals surface area (Å²) >= 11 is 4.46. The molecule has 0 aliphatic rings. The van der Waals surface area contributed by atoms with Gasteiger partial charge in [0.15, 0.2) is 0 Å². The number of thiol groups is 1. The van der Waals surface area contributed by atoms with Crippen LogP contribution in [-0.4, -0.2) is 24.2 Å². The van der Waals surface area contributed by atoms with Crippen molar-refractivity contribution >= 4 is 12.6 Å². The van der Waals surface area contributed by atoms with Gasteiger partial charge in [-0.1, -0.05) is 39.0 Å². The summed E-state index contributed by atoms with van der Waals surface area (Å²) in [5, 5.41) is 0. The van der Waals surface area contributed by atoms with Crippen molar-refractivity contribution in [3.05, 3.63) is 35.6 Å². The van der Waals surface area contributed by atoms with Gasteiger partial charge in [0.05, 0.1) is 0 Å². The number of benzene rings is 1. The normalized spacial score (nSPS) is 15.6. The van der Waals surface area contributed by atoms with E-state index >= 15 is 0 Å². The Labute approximate surface area is 122 Å². The van der Waals surface area contributed by atoms with Crippen molar-refractivity contribution in [2.75, 3.05) is 19.3 Å². The highest BCUT2D eigenvalue weighted by atomic mass is 32.1. The zero-order chi connectivity index (χ0) is 14.6. The Morgan fingerprint density at radius 1 is 1.26 bits per heavy atom. The van der Waals surface area contributed by atoms with Crippen LogP contribution in [0.25, 0.3) is 0 Å². The van der Waals surface area contributed by atoms with Crippen LogP contribution >= 0.6 is 12.6 Å². The first kappa shape index (κ1) is 16.5. The number of hydrogen-bond acceptors (Lipinski definition) is 2. The van der Waals surface area contributed by atoms with Crippen molar-refractivity contribution < 1.29 is 4.39 Å². The highest BCUT2D eigenvalue weighted by Gasteiger charge is 2.26. The van der Waals surface area contributed by atoms with E-state index in [4.69, 9.17) is 0 Å². The smallest absolute Gasteiger partial charge is 0.127 e. The van der Waals surface area contributed by atoms with Crippen molar-refractivity contribution in [2.24, 2.45) is 11.3 Å². The Kier molecular flexibility index (Phi) is 5.87. The average Bonchev–Trinajstić information content (AvgIpc) is 2.34. The lowest BCUT2D eigenvalue weighted by Crippen LogP contribution is -2.36. The number of rotatable bonds is 5. The first-order valence-electron chi connectivity index (χ1n) is 6.83. The van der Waals surface area contributed by atoms with E-state index in [1.165, 1.54) is 6.07 Å². The van der Waals surface area contributed by atoms with Gasteiger partial charge in [0.25, 0.3) is 0 Å². The number of hydrogen-bond donors (Lipinski definition) is 1. The molecule has 0 aromatic heterocycles. The molecular formula is C16H26FNS. The molecule has 0 bridgehead atoms. The zero-order valence-corrected chi connectivity index (χ0v) is 13.5. The fraction of sp³-hybridized carbons (Fsp3) is 0.625. The third kappa shape index (κ3) is 4.50. The summed E-state index contributed by atoms with van der Waals surface area (Å²) in [6.07, 6.45) is 0. The van der Waals surface area contributed by atoms with E-state index < -0.39 is 0 Å². The van der Waals surface area contributed by atoms with Gasteiger partial charge in [0, 0.05) is 18.2 Å². The fourth-order valence-corrected chi connectivity index (χ4v) is 2.83. The van der Waals surface area contributed by atoms with E-state index in [0.29, 0.717) is 5.92 Å². The molecule has 1 nitrogen and oxygen atoms in total. The van der Waals surface area contributed by atoms with Crippen molar-refractivity contribution in [3.63, 3.8) is 0 Å². The molecule has 1 aromatic rings. The Bertz CT molecular complexity index is 400. The monoisotopic (exact) mass is 283 g/mol. The minimum Gasteiger partial charge on any atom is -0.299 e. The molecule has 0 saturated carbocycles. The summed E-state index contributed by atoms with van der Waals surface area (Å²) in [7, 11) is 2.05. The fourth-order valence-electron chi connectivity index (χ4n) is 2.16. The van der Waals surface area contributed by atoms with Gasteiger partial charge in [-0.05, 0) is 37.1 Å². The van der Waals surface area contributed by atoms with Crippen molar-refractivity contribution in [1.82, 2.24) is 4.90 Å². The Morgan fingerprint density at radius 2 is 1.84 bits per heavy atom. The lowest BCUT2D eigenvalue weighted by molar-refractivity contribution is 0.156. The Balaban J connectivity index is 2.78. The number of halogens is 1. The van der Waals surface area contributed by atoms with Crippen LogP contribution in [-0.2, 0) is 0 Å². The Hall–Kier alpha value is -0.540. The SMILES string of the molecule is CC(c1ccccc1F)N(C)CC(CS)C(C)(C)C. The summed E-state index contributed by atoms with van der Waals surface area (Å²) in [5.74, 6) is 1.20. The van der Waals surface area contributed by atoms with Gasteiger partial charge in [0.1, 0.15) is 5.82 Å². The van der Waals surface area contributed by atoms with Crippen LogP contribution in [0.2, 0.25) is 0 Å². The maximum Gasteiger partial charge on any atom is 0.127 e. The minimum absolute atomic E-state index is 0.0749. The first-order valence-corrected chi connectivity index (χ1v) is 7.46. The van der Waals surface area contributed by atoms with Gasteiger partial charge in [-0.25, -0.2) is 4.39 Å². The van der Waals surface area contributed by atoms with Gasteiger partial charge in [-0.15, -0.1) is 0 Å². The number of nitrogens with zero attached hydrogens (tertiary/aromatic N) is 1. The Morgan fingerprint density at radius 3 is 2.32 bits per heavy atom. The third-order valence-corrected chi connectivity index (χ3v) is 4.41. The molecule has 0 aliphatic carbocycles. The average molecular weight is 283 g/mol. The molecule has 108 valence electrons. The van der Waals surface area contributed by atoms with Gasteiger partial charge in [-0.3, -0.25) is 4.90 Å².